The Bertz CT molecular complexity index is 458. The van der Waals surface area contributed by atoms with Gasteiger partial charge in [-0.2, -0.15) is 0 Å². The Kier molecular flexibility index (Phi) is 3.81. The molecule has 18 heavy (non-hydrogen) atoms. The number of rotatable bonds is 5. The molecular formula is C13H18FN3O. The van der Waals surface area contributed by atoms with Gasteiger partial charge in [-0.15, -0.1) is 0 Å². The van der Waals surface area contributed by atoms with Gasteiger partial charge < -0.3 is 10.9 Å². The molecule has 1 aliphatic rings. The first-order valence-corrected chi connectivity index (χ1v) is 6.15. The normalized spacial score (nSPS) is 16.3. The molecule has 5 heteroatoms. The van der Waals surface area contributed by atoms with Gasteiger partial charge in [0.2, 0.25) is 0 Å². The van der Waals surface area contributed by atoms with Crippen molar-refractivity contribution < 1.29 is 9.60 Å². The minimum Gasteiger partial charge on any atom is -0.409 e. The summed E-state index contributed by atoms with van der Waals surface area (Å²) >= 11 is 0. The summed E-state index contributed by atoms with van der Waals surface area (Å²) in [6, 6.07) is 5.17. The lowest BCUT2D eigenvalue weighted by atomic mass is 10.1. The fraction of sp³-hybridized carbons (Fsp3) is 0.462. The van der Waals surface area contributed by atoms with Crippen LogP contribution in [0.5, 0.6) is 0 Å². The summed E-state index contributed by atoms with van der Waals surface area (Å²) in [6.45, 7) is 3.74. The summed E-state index contributed by atoms with van der Waals surface area (Å²) < 4.78 is 13.5. The third-order valence-corrected chi connectivity index (χ3v) is 3.22. The molecular weight excluding hydrogens is 233 g/mol. The molecule has 1 saturated carbocycles. The maximum atomic E-state index is 13.5. The monoisotopic (exact) mass is 251 g/mol. The summed E-state index contributed by atoms with van der Waals surface area (Å²) in [5.41, 5.74) is 6.76. The van der Waals surface area contributed by atoms with Crippen LogP contribution in [0.3, 0.4) is 0 Å². The number of nitrogens with zero attached hydrogens (tertiary/aromatic N) is 2. The summed E-state index contributed by atoms with van der Waals surface area (Å²) in [5, 5.41) is 11.5. The Morgan fingerprint density at radius 1 is 1.50 bits per heavy atom. The van der Waals surface area contributed by atoms with Crippen LogP contribution >= 0.6 is 0 Å². The van der Waals surface area contributed by atoms with Gasteiger partial charge in [-0.3, -0.25) is 4.90 Å². The molecule has 1 aromatic carbocycles. The van der Waals surface area contributed by atoms with Gasteiger partial charge in [0.05, 0.1) is 0 Å². The Morgan fingerprint density at radius 3 is 2.78 bits per heavy atom. The number of hydrogen-bond donors (Lipinski definition) is 2. The van der Waals surface area contributed by atoms with Crippen LogP contribution in [0.25, 0.3) is 0 Å². The zero-order valence-electron chi connectivity index (χ0n) is 10.4. The van der Waals surface area contributed by atoms with E-state index in [4.69, 9.17) is 10.9 Å². The molecule has 0 atom stereocenters. The van der Waals surface area contributed by atoms with Crippen molar-refractivity contribution in [2.24, 2.45) is 10.9 Å². The van der Waals surface area contributed by atoms with Gasteiger partial charge in [0.25, 0.3) is 0 Å². The Labute approximate surface area is 106 Å². The lowest BCUT2D eigenvalue weighted by molar-refractivity contribution is 0.269. The number of halogens is 1. The summed E-state index contributed by atoms with van der Waals surface area (Å²) in [4.78, 5) is 2.31. The van der Waals surface area contributed by atoms with Crippen LogP contribution in [0.4, 0.5) is 4.39 Å². The van der Waals surface area contributed by atoms with Gasteiger partial charge in [0.1, 0.15) is 5.82 Å². The van der Waals surface area contributed by atoms with Gasteiger partial charge in [-0.1, -0.05) is 12.1 Å². The molecule has 0 aliphatic heterocycles. The van der Waals surface area contributed by atoms with Crippen molar-refractivity contribution in [2.75, 3.05) is 6.54 Å². The molecule has 1 aliphatic carbocycles. The molecule has 98 valence electrons. The number of benzene rings is 1. The molecule has 1 aromatic rings. The van der Waals surface area contributed by atoms with E-state index in [9.17, 15) is 4.39 Å². The molecule has 3 N–H and O–H groups in total. The Balaban J connectivity index is 2.19. The molecule has 0 bridgehead atoms. The van der Waals surface area contributed by atoms with E-state index in [0.29, 0.717) is 18.2 Å². The average Bonchev–Trinajstić information content (AvgIpc) is 3.18. The van der Waals surface area contributed by atoms with Gasteiger partial charge in [-0.25, -0.2) is 4.39 Å². The van der Waals surface area contributed by atoms with E-state index in [1.165, 1.54) is 25.0 Å². The Hall–Kier alpha value is -1.62. The van der Waals surface area contributed by atoms with Gasteiger partial charge >= 0.3 is 0 Å². The molecule has 0 radical (unpaired) electrons. The van der Waals surface area contributed by atoms with E-state index in [2.05, 4.69) is 17.0 Å². The number of amidine groups is 1. The van der Waals surface area contributed by atoms with Crippen molar-refractivity contribution in [1.29, 1.82) is 0 Å². The molecule has 2 rings (SSSR count). The van der Waals surface area contributed by atoms with Crippen LogP contribution in [0, 0.1) is 5.82 Å². The molecule has 1 fully saturated rings. The zero-order chi connectivity index (χ0) is 13.1. The predicted molar refractivity (Wildman–Crippen MR) is 68.0 cm³/mol. The van der Waals surface area contributed by atoms with Crippen molar-refractivity contribution in [3.63, 3.8) is 0 Å². The highest BCUT2D eigenvalue weighted by Crippen LogP contribution is 2.28. The zero-order valence-corrected chi connectivity index (χ0v) is 10.4. The largest absolute Gasteiger partial charge is 0.409 e. The Morgan fingerprint density at radius 2 is 2.22 bits per heavy atom. The van der Waals surface area contributed by atoms with Crippen LogP contribution in [-0.2, 0) is 6.54 Å². The second-order valence-corrected chi connectivity index (χ2v) is 4.63. The van der Waals surface area contributed by atoms with Crippen molar-refractivity contribution in [3.05, 3.63) is 35.1 Å². The first kappa shape index (κ1) is 12.8. The second-order valence-electron chi connectivity index (χ2n) is 4.63. The third kappa shape index (κ3) is 2.98. The topological polar surface area (TPSA) is 61.8 Å². The number of hydrogen-bond acceptors (Lipinski definition) is 3. The molecule has 0 aromatic heterocycles. The molecule has 0 unspecified atom stereocenters. The fourth-order valence-electron chi connectivity index (χ4n) is 2.12. The highest BCUT2D eigenvalue weighted by Gasteiger charge is 2.27. The van der Waals surface area contributed by atoms with Crippen LogP contribution < -0.4 is 5.73 Å². The van der Waals surface area contributed by atoms with E-state index in [0.717, 1.165) is 12.1 Å². The molecule has 4 nitrogen and oxygen atoms in total. The highest BCUT2D eigenvalue weighted by molar-refractivity contribution is 5.97. The van der Waals surface area contributed by atoms with E-state index >= 15 is 0 Å². The van der Waals surface area contributed by atoms with Crippen LogP contribution in [-0.4, -0.2) is 28.5 Å². The van der Waals surface area contributed by atoms with Crippen molar-refractivity contribution in [1.82, 2.24) is 4.90 Å². The van der Waals surface area contributed by atoms with Crippen LogP contribution in [0.2, 0.25) is 0 Å². The molecule has 0 saturated heterocycles. The quantitative estimate of drug-likeness (QED) is 0.363. The van der Waals surface area contributed by atoms with Gasteiger partial charge in [0.15, 0.2) is 5.84 Å². The highest BCUT2D eigenvalue weighted by atomic mass is 19.1. The maximum Gasteiger partial charge on any atom is 0.170 e. The first-order valence-electron chi connectivity index (χ1n) is 6.15. The number of oxime groups is 1. The molecule has 0 amide bonds. The summed E-state index contributed by atoms with van der Waals surface area (Å²) in [5.74, 6) is -0.425. The minimum absolute atomic E-state index is 0.0646. The van der Waals surface area contributed by atoms with Gasteiger partial charge in [-0.05, 0) is 43.1 Å². The number of nitrogens with two attached hydrogens (primary N) is 1. The average molecular weight is 251 g/mol. The fourth-order valence-corrected chi connectivity index (χ4v) is 2.12. The SMILES string of the molecule is CCN(Cc1cc(F)cc(/C(N)=N/O)c1)C1CC1. The summed E-state index contributed by atoms with van der Waals surface area (Å²) in [7, 11) is 0. The standard InChI is InChI=1S/C13H18FN3O/c1-2-17(12-3-4-12)8-9-5-10(13(15)16-18)7-11(14)6-9/h5-7,12,18H,2-4,8H2,1H3,(H2,15,16). The van der Waals surface area contributed by atoms with Crippen molar-refractivity contribution in [3.8, 4) is 0 Å². The molecule has 0 spiro atoms. The lowest BCUT2D eigenvalue weighted by Crippen LogP contribution is -2.25. The third-order valence-electron chi connectivity index (χ3n) is 3.22. The van der Waals surface area contributed by atoms with E-state index < -0.39 is 0 Å². The van der Waals surface area contributed by atoms with Crippen molar-refractivity contribution in [2.45, 2.75) is 32.4 Å². The second kappa shape index (κ2) is 5.35. The van der Waals surface area contributed by atoms with Crippen LogP contribution in [0.15, 0.2) is 23.4 Å². The van der Waals surface area contributed by atoms with E-state index in [1.54, 1.807) is 6.07 Å². The van der Waals surface area contributed by atoms with Crippen LogP contribution in [0.1, 0.15) is 30.9 Å². The smallest absolute Gasteiger partial charge is 0.170 e. The first-order chi connectivity index (χ1) is 8.63. The lowest BCUT2D eigenvalue weighted by Gasteiger charge is -2.20. The van der Waals surface area contributed by atoms with E-state index in [-0.39, 0.29) is 11.7 Å². The maximum absolute atomic E-state index is 13.5. The van der Waals surface area contributed by atoms with Crippen molar-refractivity contribution >= 4 is 5.84 Å². The predicted octanol–water partition coefficient (Wildman–Crippen LogP) is 1.90. The minimum atomic E-state index is -0.360. The summed E-state index contributed by atoms with van der Waals surface area (Å²) in [6.07, 6.45) is 2.44. The molecule has 0 heterocycles. The van der Waals surface area contributed by atoms with E-state index in [1.807, 2.05) is 0 Å². The van der Waals surface area contributed by atoms with Gasteiger partial charge in [0, 0.05) is 18.2 Å².